The average molecular weight is 807 g/mol. The summed E-state index contributed by atoms with van der Waals surface area (Å²) in [4.78, 5) is 26.8. The Kier molecular flexibility index (Phi) is 14.4. The predicted octanol–water partition coefficient (Wildman–Crippen LogP) is -1.10. The summed E-state index contributed by atoms with van der Waals surface area (Å²) in [6.07, 6.45) is -2.13. The smallest absolute Gasteiger partial charge is 0.253 e. The van der Waals surface area contributed by atoms with Gasteiger partial charge in [-0.3, -0.25) is 9.59 Å². The van der Waals surface area contributed by atoms with Crippen molar-refractivity contribution in [2.45, 2.75) is 25.2 Å². The number of aliphatic hydroxyl groups excluding tert-OH is 6. The van der Waals surface area contributed by atoms with E-state index in [2.05, 4.69) is 10.6 Å². The van der Waals surface area contributed by atoms with E-state index in [9.17, 15) is 30.0 Å². The molecule has 0 aromatic heterocycles. The van der Waals surface area contributed by atoms with Crippen LogP contribution in [0.2, 0.25) is 0 Å². The molecule has 3 unspecified atom stereocenters. The quantitative estimate of drug-likeness (QED) is 0.115. The van der Waals surface area contributed by atoms with Crippen molar-refractivity contribution >= 4 is 85.3 Å². The van der Waals surface area contributed by atoms with Gasteiger partial charge in [-0.05, 0) is 80.3 Å². The van der Waals surface area contributed by atoms with Crippen molar-refractivity contribution in [3.05, 3.63) is 21.8 Å². The number of anilines is 1. The lowest BCUT2D eigenvalue weighted by Crippen LogP contribution is -2.39. The van der Waals surface area contributed by atoms with Gasteiger partial charge in [-0.25, -0.2) is 0 Å². The number of rotatable bonds is 13. The zero-order chi connectivity index (χ0) is 25.3. The summed E-state index contributed by atoms with van der Waals surface area (Å²) < 4.78 is 1.56. The number of halogens is 3. The Hall–Kier alpha value is 0.0700. The van der Waals surface area contributed by atoms with Crippen LogP contribution in [0.1, 0.15) is 28.9 Å². The summed E-state index contributed by atoms with van der Waals surface area (Å²) in [6.45, 7) is -0.560. The molecule has 0 aliphatic rings. The molecule has 188 valence electrons. The molecule has 1 aromatic rings. The normalized spacial score (nSPS) is 14.0. The van der Waals surface area contributed by atoms with Crippen LogP contribution < -0.4 is 15.5 Å². The van der Waals surface area contributed by atoms with Gasteiger partial charge in [0.25, 0.3) is 11.8 Å². The highest BCUT2D eigenvalue weighted by Crippen LogP contribution is 2.40. The van der Waals surface area contributed by atoms with E-state index in [0.29, 0.717) is 22.0 Å². The molecule has 3 atom stereocenters. The monoisotopic (exact) mass is 807 g/mol. The second-order valence-electron chi connectivity index (χ2n) is 7.02. The first-order valence-corrected chi connectivity index (χ1v) is 13.1. The van der Waals surface area contributed by atoms with Crippen molar-refractivity contribution < 1.29 is 40.2 Å². The largest absolute Gasteiger partial charge is 0.395 e. The third-order valence-electron chi connectivity index (χ3n) is 4.60. The number of aliphatic hydroxyl groups is 6. The van der Waals surface area contributed by atoms with Crippen molar-refractivity contribution in [3.8, 4) is 0 Å². The zero-order valence-electron chi connectivity index (χ0n) is 17.8. The SMILES string of the molecule is CC(NCC(O)CO)c1c(I)c(C(=O)NCC(O)CO)c(I)c(N(CCO)C(=O)CO)c1I. The Labute approximate surface area is 232 Å². The zero-order valence-corrected chi connectivity index (χ0v) is 24.2. The summed E-state index contributed by atoms with van der Waals surface area (Å²) in [6, 6.07) is -0.421. The summed E-state index contributed by atoms with van der Waals surface area (Å²) in [7, 11) is 0. The molecule has 1 rings (SSSR count). The third-order valence-corrected chi connectivity index (χ3v) is 7.86. The van der Waals surface area contributed by atoms with Crippen LogP contribution in [0, 0.1) is 10.7 Å². The summed E-state index contributed by atoms with van der Waals surface area (Å²) in [5.74, 6) is -1.20. The van der Waals surface area contributed by atoms with Crippen LogP contribution in [0.25, 0.3) is 0 Å². The van der Waals surface area contributed by atoms with Crippen molar-refractivity contribution in [1.82, 2.24) is 10.6 Å². The number of hydrogen-bond acceptors (Lipinski definition) is 9. The third kappa shape index (κ3) is 8.31. The van der Waals surface area contributed by atoms with Gasteiger partial charge in [0.1, 0.15) is 6.61 Å². The van der Waals surface area contributed by atoms with Crippen molar-refractivity contribution in [2.75, 3.05) is 51.0 Å². The molecule has 0 saturated heterocycles. The first-order chi connectivity index (χ1) is 15.5. The van der Waals surface area contributed by atoms with Gasteiger partial charge in [0.15, 0.2) is 0 Å². The minimum atomic E-state index is -1.14. The molecule has 0 bridgehead atoms. The van der Waals surface area contributed by atoms with Gasteiger partial charge in [0, 0.05) is 32.8 Å². The molecule has 0 spiro atoms. The van der Waals surface area contributed by atoms with Crippen molar-refractivity contribution in [1.29, 1.82) is 0 Å². The van der Waals surface area contributed by atoms with Gasteiger partial charge in [0.2, 0.25) is 0 Å². The Bertz CT molecular complexity index is 830. The van der Waals surface area contributed by atoms with Crippen molar-refractivity contribution in [2.24, 2.45) is 0 Å². The van der Waals surface area contributed by atoms with Gasteiger partial charge in [0.05, 0.1) is 46.8 Å². The van der Waals surface area contributed by atoms with Crippen LogP contribution in [0.3, 0.4) is 0 Å². The number of carbonyl (C=O) groups is 2. The maximum Gasteiger partial charge on any atom is 0.253 e. The average Bonchev–Trinajstić information content (AvgIpc) is 2.79. The van der Waals surface area contributed by atoms with E-state index in [1.165, 1.54) is 4.90 Å². The number of benzene rings is 1. The molecule has 2 amide bonds. The van der Waals surface area contributed by atoms with E-state index < -0.39 is 49.9 Å². The van der Waals surface area contributed by atoms with Crippen LogP contribution in [-0.2, 0) is 4.79 Å². The molecular weight excluding hydrogens is 779 g/mol. The van der Waals surface area contributed by atoms with Gasteiger partial charge in [-0.15, -0.1) is 0 Å². The summed E-state index contributed by atoms with van der Waals surface area (Å²) in [5.41, 5.74) is 1.19. The van der Waals surface area contributed by atoms with E-state index in [1.54, 1.807) is 6.92 Å². The summed E-state index contributed by atoms with van der Waals surface area (Å²) in [5, 5.41) is 62.0. The fourth-order valence-corrected chi connectivity index (χ4v) is 8.05. The molecule has 0 saturated carbocycles. The van der Waals surface area contributed by atoms with Crippen LogP contribution >= 0.6 is 67.8 Å². The van der Waals surface area contributed by atoms with Gasteiger partial charge in [-0.2, -0.15) is 0 Å². The number of nitrogens with zero attached hydrogens (tertiary/aromatic N) is 1. The second-order valence-corrected chi connectivity index (χ2v) is 10.3. The molecular formula is C19H28I3N3O8. The Morgan fingerprint density at radius 3 is 2.03 bits per heavy atom. The molecule has 0 aliphatic carbocycles. The standard InChI is InChI=1S/C19H28I3N3O8/c1-9(23-4-10(30)6-27)13-15(20)14(19(33)24-5-11(31)7-28)17(22)18(16(13)21)25(2-3-26)12(32)8-29/h9-11,23,26-31H,2-8H2,1H3,(H,24,33). The first kappa shape index (κ1) is 31.1. The highest BCUT2D eigenvalue weighted by Gasteiger charge is 2.31. The highest BCUT2D eigenvalue weighted by atomic mass is 127. The first-order valence-electron chi connectivity index (χ1n) is 9.87. The molecule has 14 heteroatoms. The number of amides is 2. The van der Waals surface area contributed by atoms with Crippen LogP contribution in [0.5, 0.6) is 0 Å². The topological polar surface area (TPSA) is 183 Å². The van der Waals surface area contributed by atoms with Gasteiger partial charge >= 0.3 is 0 Å². The second kappa shape index (κ2) is 15.2. The van der Waals surface area contributed by atoms with E-state index >= 15 is 0 Å². The van der Waals surface area contributed by atoms with E-state index in [4.69, 9.17) is 10.2 Å². The maximum absolute atomic E-state index is 13.1. The van der Waals surface area contributed by atoms with Crippen LogP contribution in [0.15, 0.2) is 0 Å². The molecule has 0 radical (unpaired) electrons. The van der Waals surface area contributed by atoms with Crippen molar-refractivity contribution in [3.63, 3.8) is 0 Å². The fraction of sp³-hybridized carbons (Fsp3) is 0.579. The molecule has 0 fully saturated rings. The minimum absolute atomic E-state index is 0.0747. The molecule has 0 heterocycles. The minimum Gasteiger partial charge on any atom is -0.395 e. The molecule has 8 N–H and O–H groups in total. The number of carbonyl (C=O) groups excluding carboxylic acids is 2. The highest BCUT2D eigenvalue weighted by molar-refractivity contribution is 14.1. The summed E-state index contributed by atoms with van der Waals surface area (Å²) >= 11 is 5.96. The van der Waals surface area contributed by atoms with Crippen LogP contribution in [0.4, 0.5) is 5.69 Å². The Morgan fingerprint density at radius 2 is 1.52 bits per heavy atom. The Balaban J connectivity index is 3.69. The lowest BCUT2D eigenvalue weighted by molar-refractivity contribution is -0.121. The van der Waals surface area contributed by atoms with E-state index in [0.717, 1.165) is 0 Å². The number of hydrogen-bond donors (Lipinski definition) is 8. The molecule has 1 aromatic carbocycles. The number of nitrogens with one attached hydrogen (secondary N) is 2. The molecule has 0 aliphatic heterocycles. The van der Waals surface area contributed by atoms with Crippen LogP contribution in [-0.4, -0.2) is 101 Å². The molecule has 33 heavy (non-hydrogen) atoms. The van der Waals surface area contributed by atoms with E-state index in [1.807, 2.05) is 67.8 Å². The lowest BCUT2D eigenvalue weighted by atomic mass is 10.0. The predicted molar refractivity (Wildman–Crippen MR) is 146 cm³/mol. The van der Waals surface area contributed by atoms with Gasteiger partial charge < -0.3 is 46.2 Å². The maximum atomic E-state index is 13.1. The fourth-order valence-electron chi connectivity index (χ4n) is 2.88. The van der Waals surface area contributed by atoms with E-state index in [-0.39, 0.29) is 31.8 Å². The Morgan fingerprint density at radius 1 is 0.939 bits per heavy atom. The lowest BCUT2D eigenvalue weighted by Gasteiger charge is -2.29. The molecule has 11 nitrogen and oxygen atoms in total. The van der Waals surface area contributed by atoms with Gasteiger partial charge in [-0.1, -0.05) is 0 Å².